The molecule has 0 rings (SSSR count). The van der Waals surface area contributed by atoms with Crippen molar-refractivity contribution >= 4 is 0 Å². The summed E-state index contributed by atoms with van der Waals surface area (Å²) in [7, 11) is 3.63. The van der Waals surface area contributed by atoms with Crippen LogP contribution in [0.3, 0.4) is 0 Å². The van der Waals surface area contributed by atoms with E-state index >= 15 is 0 Å². The first-order chi connectivity index (χ1) is 9.10. The molecule has 0 saturated carbocycles. The maximum atomic E-state index is 5.49. The summed E-state index contributed by atoms with van der Waals surface area (Å²) in [5, 5.41) is 0. The fourth-order valence-corrected chi connectivity index (χ4v) is 2.77. The van der Waals surface area contributed by atoms with Crippen LogP contribution in [0.5, 0.6) is 0 Å². The normalized spacial score (nSPS) is 12.3. The highest BCUT2D eigenvalue weighted by Crippen LogP contribution is 2.33. The molecule has 0 unspecified atom stereocenters. The van der Waals surface area contributed by atoms with Gasteiger partial charge in [0.1, 0.15) is 0 Å². The predicted octanol–water partition coefficient (Wildman–Crippen LogP) is 5.06. The molecule has 0 heterocycles. The zero-order chi connectivity index (χ0) is 14.6. The fraction of sp³-hybridized carbons (Fsp3) is 1.00. The smallest absolute Gasteiger partial charge is 0.0540 e. The maximum Gasteiger partial charge on any atom is 0.0540 e. The van der Waals surface area contributed by atoms with Crippen molar-refractivity contribution in [1.29, 1.82) is 0 Å². The zero-order valence-electron chi connectivity index (χ0n) is 14.0. The van der Waals surface area contributed by atoms with Crippen LogP contribution < -0.4 is 0 Å². The standard InChI is InChI=1S/C17H36O2/c1-6-7-8-9-10-12-17(14-18-4,15-19-5)13-11-16(2)3/h16H,6-15H2,1-5H3. The van der Waals surface area contributed by atoms with Crippen LogP contribution in [0.15, 0.2) is 0 Å². The van der Waals surface area contributed by atoms with Gasteiger partial charge in [-0.1, -0.05) is 59.3 Å². The number of unbranched alkanes of at least 4 members (excludes halogenated alkanes) is 4. The Kier molecular flexibility index (Phi) is 11.7. The lowest BCUT2D eigenvalue weighted by molar-refractivity contribution is -0.00599. The molecule has 0 bridgehead atoms. The number of hydrogen-bond acceptors (Lipinski definition) is 2. The Hall–Kier alpha value is -0.0800. The second kappa shape index (κ2) is 11.7. The Morgan fingerprint density at radius 1 is 0.842 bits per heavy atom. The Balaban J connectivity index is 4.26. The summed E-state index contributed by atoms with van der Waals surface area (Å²) in [6.45, 7) is 8.53. The van der Waals surface area contributed by atoms with Crippen molar-refractivity contribution in [1.82, 2.24) is 0 Å². The Bertz CT molecular complexity index is 184. The minimum atomic E-state index is 0.236. The largest absolute Gasteiger partial charge is 0.384 e. The highest BCUT2D eigenvalue weighted by molar-refractivity contribution is 4.79. The van der Waals surface area contributed by atoms with E-state index in [4.69, 9.17) is 9.47 Å². The third kappa shape index (κ3) is 9.45. The molecule has 0 spiro atoms. The van der Waals surface area contributed by atoms with Crippen LogP contribution in [0.2, 0.25) is 0 Å². The topological polar surface area (TPSA) is 18.5 Å². The Morgan fingerprint density at radius 2 is 1.42 bits per heavy atom. The monoisotopic (exact) mass is 272 g/mol. The van der Waals surface area contributed by atoms with E-state index in [2.05, 4.69) is 20.8 Å². The van der Waals surface area contributed by atoms with Gasteiger partial charge < -0.3 is 9.47 Å². The minimum absolute atomic E-state index is 0.236. The predicted molar refractivity (Wildman–Crippen MR) is 83.6 cm³/mol. The van der Waals surface area contributed by atoms with Crippen LogP contribution in [0.25, 0.3) is 0 Å². The molecule has 0 aromatic carbocycles. The van der Waals surface area contributed by atoms with Crippen molar-refractivity contribution in [3.63, 3.8) is 0 Å². The molecule has 0 radical (unpaired) electrons. The van der Waals surface area contributed by atoms with Gasteiger partial charge in [0.15, 0.2) is 0 Å². The highest BCUT2D eigenvalue weighted by Gasteiger charge is 2.29. The summed E-state index contributed by atoms with van der Waals surface area (Å²) in [5.41, 5.74) is 0.236. The van der Waals surface area contributed by atoms with Gasteiger partial charge in [-0.3, -0.25) is 0 Å². The summed E-state index contributed by atoms with van der Waals surface area (Å²) in [4.78, 5) is 0. The first-order valence-corrected chi connectivity index (χ1v) is 8.08. The number of ether oxygens (including phenoxy) is 2. The number of hydrogen-bond donors (Lipinski definition) is 0. The van der Waals surface area contributed by atoms with E-state index in [1.165, 1.54) is 51.4 Å². The molecule has 0 aromatic heterocycles. The summed E-state index contributed by atoms with van der Waals surface area (Å²) in [5.74, 6) is 0.758. The first-order valence-electron chi connectivity index (χ1n) is 8.08. The molecule has 2 nitrogen and oxygen atoms in total. The molecule has 0 aliphatic heterocycles. The summed E-state index contributed by atoms with van der Waals surface area (Å²) >= 11 is 0. The van der Waals surface area contributed by atoms with Crippen molar-refractivity contribution in [2.75, 3.05) is 27.4 Å². The van der Waals surface area contributed by atoms with Crippen LogP contribution >= 0.6 is 0 Å². The van der Waals surface area contributed by atoms with Crippen molar-refractivity contribution in [3.05, 3.63) is 0 Å². The molecule has 0 atom stereocenters. The quantitative estimate of drug-likeness (QED) is 0.436. The SMILES string of the molecule is CCCCCCCC(CCC(C)C)(COC)COC. The van der Waals surface area contributed by atoms with E-state index < -0.39 is 0 Å². The average molecular weight is 272 g/mol. The van der Waals surface area contributed by atoms with Crippen LogP contribution in [0.4, 0.5) is 0 Å². The Labute approximate surface area is 121 Å². The van der Waals surface area contributed by atoms with Crippen LogP contribution in [-0.4, -0.2) is 27.4 Å². The molecule has 116 valence electrons. The number of methoxy groups -OCH3 is 2. The summed E-state index contributed by atoms with van der Waals surface area (Å²) in [6.07, 6.45) is 10.4. The maximum absolute atomic E-state index is 5.49. The van der Waals surface area contributed by atoms with E-state index in [9.17, 15) is 0 Å². The average Bonchev–Trinajstić information content (AvgIpc) is 2.37. The molecular weight excluding hydrogens is 236 g/mol. The van der Waals surface area contributed by atoms with E-state index in [1.54, 1.807) is 0 Å². The van der Waals surface area contributed by atoms with Crippen molar-refractivity contribution < 1.29 is 9.47 Å². The van der Waals surface area contributed by atoms with Gasteiger partial charge in [-0.05, 0) is 18.8 Å². The molecule has 0 aliphatic carbocycles. The van der Waals surface area contributed by atoms with E-state index in [-0.39, 0.29) is 5.41 Å². The van der Waals surface area contributed by atoms with Crippen molar-refractivity contribution in [2.45, 2.75) is 72.1 Å². The van der Waals surface area contributed by atoms with Gasteiger partial charge in [0, 0.05) is 19.6 Å². The molecule has 0 fully saturated rings. The van der Waals surface area contributed by atoms with E-state index in [1.807, 2.05) is 14.2 Å². The second-order valence-electron chi connectivity index (χ2n) is 6.46. The van der Waals surface area contributed by atoms with Crippen LogP contribution in [-0.2, 0) is 9.47 Å². The molecule has 0 saturated heterocycles. The zero-order valence-corrected chi connectivity index (χ0v) is 14.0. The summed E-state index contributed by atoms with van der Waals surface area (Å²) in [6, 6.07) is 0. The molecule has 0 amide bonds. The molecule has 19 heavy (non-hydrogen) atoms. The van der Waals surface area contributed by atoms with Crippen molar-refractivity contribution in [2.24, 2.45) is 11.3 Å². The second-order valence-corrected chi connectivity index (χ2v) is 6.46. The third-order valence-corrected chi connectivity index (χ3v) is 3.96. The van der Waals surface area contributed by atoms with Gasteiger partial charge in [-0.2, -0.15) is 0 Å². The molecule has 0 aliphatic rings. The van der Waals surface area contributed by atoms with E-state index in [0.29, 0.717) is 0 Å². The molecule has 0 aromatic rings. The van der Waals surface area contributed by atoms with Crippen molar-refractivity contribution in [3.8, 4) is 0 Å². The molecular formula is C17H36O2. The lowest BCUT2D eigenvalue weighted by atomic mass is 9.78. The van der Waals surface area contributed by atoms with Gasteiger partial charge in [-0.25, -0.2) is 0 Å². The molecule has 2 heteroatoms. The molecule has 0 N–H and O–H groups in total. The van der Waals surface area contributed by atoms with Gasteiger partial charge in [0.2, 0.25) is 0 Å². The first kappa shape index (κ1) is 18.9. The fourth-order valence-electron chi connectivity index (χ4n) is 2.77. The van der Waals surface area contributed by atoms with Gasteiger partial charge in [-0.15, -0.1) is 0 Å². The van der Waals surface area contributed by atoms with Crippen LogP contribution in [0.1, 0.15) is 72.1 Å². The number of rotatable bonds is 13. The lowest BCUT2D eigenvalue weighted by Crippen LogP contribution is -2.32. The highest BCUT2D eigenvalue weighted by atomic mass is 16.5. The third-order valence-electron chi connectivity index (χ3n) is 3.96. The van der Waals surface area contributed by atoms with Gasteiger partial charge in [0.25, 0.3) is 0 Å². The summed E-state index contributed by atoms with van der Waals surface area (Å²) < 4.78 is 11.0. The van der Waals surface area contributed by atoms with Gasteiger partial charge in [0.05, 0.1) is 13.2 Å². The minimum Gasteiger partial charge on any atom is -0.384 e. The van der Waals surface area contributed by atoms with Crippen LogP contribution in [0, 0.1) is 11.3 Å². The lowest BCUT2D eigenvalue weighted by Gasteiger charge is -2.33. The Morgan fingerprint density at radius 3 is 1.89 bits per heavy atom. The van der Waals surface area contributed by atoms with E-state index in [0.717, 1.165) is 19.1 Å². The van der Waals surface area contributed by atoms with Gasteiger partial charge >= 0.3 is 0 Å².